The van der Waals surface area contributed by atoms with E-state index >= 15 is 0 Å². The average molecular weight is 273 g/mol. The van der Waals surface area contributed by atoms with Crippen molar-refractivity contribution < 1.29 is 9.53 Å². The Balaban J connectivity index is 2.03. The molecule has 0 radical (unpaired) electrons. The van der Waals surface area contributed by atoms with Gasteiger partial charge in [-0.1, -0.05) is 12.1 Å². The first-order valence-corrected chi connectivity index (χ1v) is 6.47. The molecule has 0 atom stereocenters. The number of hydrogen-bond acceptors (Lipinski definition) is 3. The summed E-state index contributed by atoms with van der Waals surface area (Å²) in [5.41, 5.74) is 4.27. The minimum atomic E-state index is -0.113. The number of aryl methyl sites for hydroxylation is 1. The number of rotatable bonds is 5. The Morgan fingerprint density at radius 2 is 2.00 bits per heavy atom. The van der Waals surface area contributed by atoms with Crippen molar-refractivity contribution in [3.8, 4) is 5.69 Å². The maximum absolute atomic E-state index is 11.3. The number of imidazole rings is 1. The summed E-state index contributed by atoms with van der Waals surface area (Å²) in [6.07, 6.45) is 1.82. The fourth-order valence-electron chi connectivity index (χ4n) is 1.92. The van der Waals surface area contributed by atoms with E-state index in [4.69, 9.17) is 4.74 Å². The predicted molar refractivity (Wildman–Crippen MR) is 76.8 cm³/mol. The van der Waals surface area contributed by atoms with E-state index in [2.05, 4.69) is 10.3 Å². The van der Waals surface area contributed by atoms with Crippen molar-refractivity contribution in [3.63, 3.8) is 0 Å². The second kappa shape index (κ2) is 6.34. The van der Waals surface area contributed by atoms with Crippen LogP contribution in [0.25, 0.3) is 5.69 Å². The summed E-state index contributed by atoms with van der Waals surface area (Å²) in [6.45, 7) is 4.63. The zero-order valence-corrected chi connectivity index (χ0v) is 12.0. The number of aromatic nitrogens is 2. The van der Waals surface area contributed by atoms with Crippen molar-refractivity contribution in [1.29, 1.82) is 0 Å². The quantitative estimate of drug-likeness (QED) is 0.903. The highest BCUT2D eigenvalue weighted by molar-refractivity contribution is 5.77. The SMILES string of the molecule is COCC(=O)NCc1ccc(-n2cnc(C)c2C)cc1. The van der Waals surface area contributed by atoms with Crippen molar-refractivity contribution in [2.24, 2.45) is 0 Å². The van der Waals surface area contributed by atoms with Gasteiger partial charge in [-0.15, -0.1) is 0 Å². The molecule has 0 unspecified atom stereocenters. The van der Waals surface area contributed by atoms with Gasteiger partial charge in [-0.25, -0.2) is 4.98 Å². The topological polar surface area (TPSA) is 56.1 Å². The Morgan fingerprint density at radius 3 is 2.55 bits per heavy atom. The van der Waals surface area contributed by atoms with Crippen LogP contribution >= 0.6 is 0 Å². The molecule has 1 N–H and O–H groups in total. The van der Waals surface area contributed by atoms with Gasteiger partial charge in [0, 0.05) is 25.0 Å². The fraction of sp³-hybridized carbons (Fsp3) is 0.333. The van der Waals surface area contributed by atoms with E-state index in [0.29, 0.717) is 6.54 Å². The van der Waals surface area contributed by atoms with Crippen LogP contribution < -0.4 is 5.32 Å². The highest BCUT2D eigenvalue weighted by Crippen LogP contribution is 2.14. The third-order valence-electron chi connectivity index (χ3n) is 3.23. The smallest absolute Gasteiger partial charge is 0.246 e. The highest BCUT2D eigenvalue weighted by atomic mass is 16.5. The molecule has 2 rings (SSSR count). The van der Waals surface area contributed by atoms with Crippen molar-refractivity contribution >= 4 is 5.91 Å². The lowest BCUT2D eigenvalue weighted by molar-refractivity contribution is -0.124. The number of nitrogens with one attached hydrogen (secondary N) is 1. The van der Waals surface area contributed by atoms with Crippen LogP contribution in [0.3, 0.4) is 0 Å². The zero-order valence-electron chi connectivity index (χ0n) is 12.0. The van der Waals surface area contributed by atoms with E-state index in [-0.39, 0.29) is 12.5 Å². The molecule has 1 amide bonds. The van der Waals surface area contributed by atoms with E-state index in [0.717, 1.165) is 22.6 Å². The van der Waals surface area contributed by atoms with E-state index in [1.807, 2.05) is 49.0 Å². The lowest BCUT2D eigenvalue weighted by Gasteiger charge is -2.08. The number of methoxy groups -OCH3 is 1. The molecule has 5 heteroatoms. The summed E-state index contributed by atoms with van der Waals surface area (Å²) >= 11 is 0. The van der Waals surface area contributed by atoms with Crippen molar-refractivity contribution in [2.45, 2.75) is 20.4 Å². The summed E-state index contributed by atoms with van der Waals surface area (Å²) in [7, 11) is 1.50. The third kappa shape index (κ3) is 3.24. The number of amides is 1. The van der Waals surface area contributed by atoms with Crippen LogP contribution in [0.2, 0.25) is 0 Å². The molecule has 106 valence electrons. The van der Waals surface area contributed by atoms with Crippen LogP contribution in [0, 0.1) is 13.8 Å². The van der Waals surface area contributed by atoms with Gasteiger partial charge in [0.15, 0.2) is 0 Å². The summed E-state index contributed by atoms with van der Waals surface area (Å²) in [5.74, 6) is -0.113. The molecule has 5 nitrogen and oxygen atoms in total. The van der Waals surface area contributed by atoms with Crippen LogP contribution in [-0.2, 0) is 16.1 Å². The Bertz CT molecular complexity index is 588. The maximum atomic E-state index is 11.3. The molecule has 0 aliphatic carbocycles. The number of hydrogen-bond donors (Lipinski definition) is 1. The number of nitrogens with zero attached hydrogens (tertiary/aromatic N) is 2. The summed E-state index contributed by atoms with van der Waals surface area (Å²) in [6, 6.07) is 8.03. The van der Waals surface area contributed by atoms with Gasteiger partial charge in [-0.05, 0) is 31.5 Å². The maximum Gasteiger partial charge on any atom is 0.246 e. The number of benzene rings is 1. The second-order valence-electron chi connectivity index (χ2n) is 4.66. The van der Waals surface area contributed by atoms with Crippen LogP contribution in [0.4, 0.5) is 0 Å². The molecular weight excluding hydrogens is 254 g/mol. The monoisotopic (exact) mass is 273 g/mol. The van der Waals surface area contributed by atoms with Gasteiger partial charge < -0.3 is 14.6 Å². The molecule has 0 saturated carbocycles. The Labute approximate surface area is 118 Å². The number of carbonyl (C=O) groups is 1. The third-order valence-corrected chi connectivity index (χ3v) is 3.23. The lowest BCUT2D eigenvalue weighted by atomic mass is 10.2. The molecule has 0 spiro atoms. The first-order valence-electron chi connectivity index (χ1n) is 6.47. The van der Waals surface area contributed by atoms with E-state index in [1.165, 1.54) is 7.11 Å². The molecule has 0 saturated heterocycles. The van der Waals surface area contributed by atoms with Crippen LogP contribution in [-0.4, -0.2) is 29.2 Å². The first kappa shape index (κ1) is 14.3. The van der Waals surface area contributed by atoms with Gasteiger partial charge in [0.1, 0.15) is 6.61 Å². The van der Waals surface area contributed by atoms with Gasteiger partial charge >= 0.3 is 0 Å². The number of ether oxygens (including phenoxy) is 1. The van der Waals surface area contributed by atoms with Crippen LogP contribution in [0.1, 0.15) is 17.0 Å². The molecule has 0 aliphatic rings. The standard InChI is InChI=1S/C15H19N3O2/c1-11-12(2)18(10-17-11)14-6-4-13(5-7-14)8-16-15(19)9-20-3/h4-7,10H,8-9H2,1-3H3,(H,16,19). The van der Waals surface area contributed by atoms with Crippen molar-refractivity contribution in [3.05, 3.63) is 47.5 Å². The minimum Gasteiger partial charge on any atom is -0.375 e. The molecule has 0 fully saturated rings. The Kier molecular flexibility index (Phi) is 4.53. The Hall–Kier alpha value is -2.14. The van der Waals surface area contributed by atoms with Gasteiger partial charge in [0.25, 0.3) is 0 Å². The molecule has 1 aromatic carbocycles. The van der Waals surface area contributed by atoms with Gasteiger partial charge in [0.2, 0.25) is 5.91 Å². The van der Waals surface area contributed by atoms with E-state index < -0.39 is 0 Å². The fourth-order valence-corrected chi connectivity index (χ4v) is 1.92. The minimum absolute atomic E-state index is 0.0889. The molecule has 0 aliphatic heterocycles. The molecule has 1 heterocycles. The van der Waals surface area contributed by atoms with Gasteiger partial charge in [0.05, 0.1) is 12.0 Å². The van der Waals surface area contributed by atoms with Gasteiger partial charge in [-0.3, -0.25) is 4.79 Å². The summed E-state index contributed by atoms with van der Waals surface area (Å²) < 4.78 is 6.81. The molecular formula is C15H19N3O2. The largest absolute Gasteiger partial charge is 0.375 e. The highest BCUT2D eigenvalue weighted by Gasteiger charge is 2.04. The normalized spacial score (nSPS) is 10.6. The van der Waals surface area contributed by atoms with Crippen LogP contribution in [0.15, 0.2) is 30.6 Å². The van der Waals surface area contributed by atoms with Crippen LogP contribution in [0.5, 0.6) is 0 Å². The molecule has 1 aromatic heterocycles. The number of carbonyl (C=O) groups excluding carboxylic acids is 1. The summed E-state index contributed by atoms with van der Waals surface area (Å²) in [4.78, 5) is 15.6. The van der Waals surface area contributed by atoms with E-state index in [9.17, 15) is 4.79 Å². The Morgan fingerprint density at radius 1 is 1.30 bits per heavy atom. The average Bonchev–Trinajstić information content (AvgIpc) is 2.78. The molecule has 0 bridgehead atoms. The first-order chi connectivity index (χ1) is 9.61. The predicted octanol–water partition coefficient (Wildman–Crippen LogP) is 1.75. The zero-order chi connectivity index (χ0) is 14.5. The van der Waals surface area contributed by atoms with Crippen molar-refractivity contribution in [1.82, 2.24) is 14.9 Å². The second-order valence-corrected chi connectivity index (χ2v) is 4.66. The van der Waals surface area contributed by atoms with Gasteiger partial charge in [-0.2, -0.15) is 0 Å². The molecule has 20 heavy (non-hydrogen) atoms. The lowest BCUT2D eigenvalue weighted by Crippen LogP contribution is -2.26. The molecule has 2 aromatic rings. The summed E-state index contributed by atoms with van der Waals surface area (Å²) in [5, 5.41) is 2.79. The van der Waals surface area contributed by atoms with Crippen molar-refractivity contribution in [2.75, 3.05) is 13.7 Å². The van der Waals surface area contributed by atoms with E-state index in [1.54, 1.807) is 0 Å².